The highest BCUT2D eigenvalue weighted by Crippen LogP contribution is 2.39. The van der Waals surface area contributed by atoms with Gasteiger partial charge in [-0.3, -0.25) is 0 Å². The standard InChI is InChI=1S/C14H19BrO2/c1-17-14(7-2-8-14)10-13(16)9-11-3-5-12(15)6-4-11/h3-6,13,16H,2,7-10H2,1H3. The van der Waals surface area contributed by atoms with Crippen molar-refractivity contribution in [2.45, 2.75) is 43.8 Å². The van der Waals surface area contributed by atoms with E-state index in [0.717, 1.165) is 23.7 Å². The third-order valence-corrected chi connectivity index (χ3v) is 4.22. The highest BCUT2D eigenvalue weighted by atomic mass is 79.9. The van der Waals surface area contributed by atoms with Crippen LogP contribution in [0.4, 0.5) is 0 Å². The normalized spacial score (nSPS) is 19.7. The van der Waals surface area contributed by atoms with Gasteiger partial charge in [-0.15, -0.1) is 0 Å². The molecule has 0 amide bonds. The quantitative estimate of drug-likeness (QED) is 0.904. The molecule has 1 fully saturated rings. The Hall–Kier alpha value is -0.380. The van der Waals surface area contributed by atoms with Gasteiger partial charge in [0.1, 0.15) is 0 Å². The van der Waals surface area contributed by atoms with Gasteiger partial charge in [0.2, 0.25) is 0 Å². The van der Waals surface area contributed by atoms with E-state index in [1.54, 1.807) is 7.11 Å². The first-order valence-electron chi connectivity index (χ1n) is 6.11. The molecule has 1 aromatic rings. The molecule has 0 saturated heterocycles. The predicted octanol–water partition coefficient (Wildman–Crippen LogP) is 3.31. The van der Waals surface area contributed by atoms with Crippen LogP contribution < -0.4 is 0 Å². The van der Waals surface area contributed by atoms with Gasteiger partial charge in [0.25, 0.3) is 0 Å². The van der Waals surface area contributed by atoms with Crippen LogP contribution in [0.5, 0.6) is 0 Å². The van der Waals surface area contributed by atoms with E-state index in [2.05, 4.69) is 15.9 Å². The molecule has 0 radical (unpaired) electrons. The minimum atomic E-state index is -0.309. The first kappa shape index (κ1) is 13.1. The van der Waals surface area contributed by atoms with E-state index in [0.29, 0.717) is 6.42 Å². The Morgan fingerprint density at radius 2 is 2.00 bits per heavy atom. The molecule has 1 aliphatic carbocycles. The summed E-state index contributed by atoms with van der Waals surface area (Å²) in [6.07, 6.45) is 4.54. The van der Waals surface area contributed by atoms with Crippen LogP contribution in [-0.4, -0.2) is 23.9 Å². The minimum absolute atomic E-state index is 0.0468. The molecule has 1 atom stereocenters. The Kier molecular flexibility index (Phi) is 4.23. The smallest absolute Gasteiger partial charge is 0.0703 e. The lowest BCUT2D eigenvalue weighted by Gasteiger charge is -2.41. The lowest BCUT2D eigenvalue weighted by atomic mass is 9.75. The summed E-state index contributed by atoms with van der Waals surface area (Å²) in [4.78, 5) is 0. The highest BCUT2D eigenvalue weighted by molar-refractivity contribution is 9.10. The number of rotatable bonds is 5. The third kappa shape index (κ3) is 3.30. The lowest BCUT2D eigenvalue weighted by molar-refractivity contribution is -0.0989. The van der Waals surface area contributed by atoms with Gasteiger partial charge >= 0.3 is 0 Å². The van der Waals surface area contributed by atoms with Gasteiger partial charge in [0.15, 0.2) is 0 Å². The average Bonchev–Trinajstić information content (AvgIpc) is 2.27. The summed E-state index contributed by atoms with van der Waals surface area (Å²) >= 11 is 3.41. The van der Waals surface area contributed by atoms with Crippen molar-refractivity contribution in [2.75, 3.05) is 7.11 Å². The first-order valence-corrected chi connectivity index (χ1v) is 6.90. The number of methoxy groups -OCH3 is 1. The Bertz CT molecular complexity index is 351. The zero-order valence-corrected chi connectivity index (χ0v) is 11.7. The molecule has 2 rings (SSSR count). The summed E-state index contributed by atoms with van der Waals surface area (Å²) < 4.78 is 6.61. The lowest BCUT2D eigenvalue weighted by Crippen LogP contribution is -2.42. The van der Waals surface area contributed by atoms with Crippen molar-refractivity contribution in [3.63, 3.8) is 0 Å². The molecule has 0 spiro atoms. The second kappa shape index (κ2) is 5.51. The van der Waals surface area contributed by atoms with Crippen LogP contribution in [-0.2, 0) is 11.2 Å². The molecule has 0 bridgehead atoms. The van der Waals surface area contributed by atoms with E-state index in [1.165, 1.54) is 12.0 Å². The van der Waals surface area contributed by atoms with E-state index in [-0.39, 0.29) is 11.7 Å². The summed E-state index contributed by atoms with van der Waals surface area (Å²) in [5.74, 6) is 0. The summed E-state index contributed by atoms with van der Waals surface area (Å²) in [5.41, 5.74) is 1.13. The number of halogens is 1. The number of hydrogen-bond acceptors (Lipinski definition) is 2. The van der Waals surface area contributed by atoms with Crippen LogP contribution in [0.25, 0.3) is 0 Å². The molecular formula is C14H19BrO2. The molecule has 2 nitrogen and oxygen atoms in total. The molecule has 1 aliphatic rings. The van der Waals surface area contributed by atoms with Crippen LogP contribution in [0.1, 0.15) is 31.2 Å². The van der Waals surface area contributed by atoms with E-state index >= 15 is 0 Å². The molecule has 1 unspecified atom stereocenters. The summed E-state index contributed by atoms with van der Waals surface area (Å²) in [7, 11) is 1.76. The van der Waals surface area contributed by atoms with Crippen LogP contribution in [0.15, 0.2) is 28.7 Å². The number of hydrogen-bond donors (Lipinski definition) is 1. The van der Waals surface area contributed by atoms with Crippen molar-refractivity contribution >= 4 is 15.9 Å². The van der Waals surface area contributed by atoms with Crippen molar-refractivity contribution in [3.05, 3.63) is 34.3 Å². The van der Waals surface area contributed by atoms with Gasteiger partial charge in [-0.05, 0) is 43.4 Å². The zero-order chi connectivity index (χ0) is 12.3. The molecule has 3 heteroatoms. The molecular weight excluding hydrogens is 280 g/mol. The van der Waals surface area contributed by atoms with Gasteiger partial charge in [-0.25, -0.2) is 0 Å². The van der Waals surface area contributed by atoms with Gasteiger partial charge in [-0.2, -0.15) is 0 Å². The summed E-state index contributed by atoms with van der Waals surface area (Å²) in [6, 6.07) is 8.12. The van der Waals surface area contributed by atoms with E-state index in [4.69, 9.17) is 4.74 Å². The molecule has 0 heterocycles. The maximum Gasteiger partial charge on any atom is 0.0703 e. The molecule has 1 saturated carbocycles. The van der Waals surface area contributed by atoms with Crippen LogP contribution in [0.3, 0.4) is 0 Å². The van der Waals surface area contributed by atoms with Crippen LogP contribution in [0.2, 0.25) is 0 Å². The fraction of sp³-hybridized carbons (Fsp3) is 0.571. The van der Waals surface area contributed by atoms with Gasteiger partial charge in [0.05, 0.1) is 11.7 Å². The highest BCUT2D eigenvalue weighted by Gasteiger charge is 2.38. The van der Waals surface area contributed by atoms with Crippen molar-refractivity contribution in [1.82, 2.24) is 0 Å². The Balaban J connectivity index is 1.88. The maximum atomic E-state index is 10.1. The molecule has 0 aliphatic heterocycles. The van der Waals surface area contributed by atoms with Crippen molar-refractivity contribution in [1.29, 1.82) is 0 Å². The van der Waals surface area contributed by atoms with Crippen molar-refractivity contribution in [2.24, 2.45) is 0 Å². The fourth-order valence-corrected chi connectivity index (χ4v) is 2.72. The van der Waals surface area contributed by atoms with Gasteiger partial charge in [0, 0.05) is 18.0 Å². The third-order valence-electron chi connectivity index (χ3n) is 3.69. The van der Waals surface area contributed by atoms with Crippen molar-refractivity contribution in [3.8, 4) is 0 Å². The fourth-order valence-electron chi connectivity index (χ4n) is 2.46. The van der Waals surface area contributed by atoms with Gasteiger partial charge in [-0.1, -0.05) is 28.1 Å². The molecule has 94 valence electrons. The largest absolute Gasteiger partial charge is 0.393 e. The molecule has 0 aromatic heterocycles. The monoisotopic (exact) mass is 298 g/mol. The Labute approximate surface area is 111 Å². The number of benzene rings is 1. The molecule has 17 heavy (non-hydrogen) atoms. The topological polar surface area (TPSA) is 29.5 Å². The van der Waals surface area contributed by atoms with E-state index < -0.39 is 0 Å². The maximum absolute atomic E-state index is 10.1. The number of aliphatic hydroxyl groups is 1. The predicted molar refractivity (Wildman–Crippen MR) is 72.1 cm³/mol. The van der Waals surface area contributed by atoms with E-state index in [9.17, 15) is 5.11 Å². The van der Waals surface area contributed by atoms with Crippen LogP contribution >= 0.6 is 15.9 Å². The zero-order valence-electron chi connectivity index (χ0n) is 10.2. The van der Waals surface area contributed by atoms with Gasteiger partial charge < -0.3 is 9.84 Å². The Morgan fingerprint density at radius 1 is 1.35 bits per heavy atom. The second-order valence-corrected chi connectivity index (χ2v) is 5.84. The van der Waals surface area contributed by atoms with Crippen LogP contribution in [0, 0.1) is 0 Å². The van der Waals surface area contributed by atoms with E-state index in [1.807, 2.05) is 24.3 Å². The average molecular weight is 299 g/mol. The Morgan fingerprint density at radius 3 is 2.47 bits per heavy atom. The summed E-state index contributed by atoms with van der Waals surface area (Å²) in [5, 5.41) is 10.1. The minimum Gasteiger partial charge on any atom is -0.393 e. The molecule has 1 N–H and O–H groups in total. The number of ether oxygens (including phenoxy) is 1. The molecule has 1 aromatic carbocycles. The number of aliphatic hydroxyl groups excluding tert-OH is 1. The summed E-state index contributed by atoms with van der Waals surface area (Å²) in [6.45, 7) is 0. The first-order chi connectivity index (χ1) is 8.13. The van der Waals surface area contributed by atoms with Crippen molar-refractivity contribution < 1.29 is 9.84 Å². The second-order valence-electron chi connectivity index (χ2n) is 4.93. The SMILES string of the molecule is COC1(CC(O)Cc2ccc(Br)cc2)CCC1.